The maximum Gasteiger partial charge on any atom is 0.435 e. The number of aromatic nitrogens is 2. The van der Waals surface area contributed by atoms with Crippen LogP contribution in [0.25, 0.3) is 11.3 Å². The number of rotatable bonds is 2. The molecule has 0 unspecified atom stereocenters. The Morgan fingerprint density at radius 1 is 1.23 bits per heavy atom. The van der Waals surface area contributed by atoms with Gasteiger partial charge in [-0.2, -0.15) is 13.2 Å². The summed E-state index contributed by atoms with van der Waals surface area (Å²) in [6.07, 6.45) is -2.67. The largest absolute Gasteiger partial charge is 0.435 e. The summed E-state index contributed by atoms with van der Waals surface area (Å²) in [6.45, 7) is 0. The summed E-state index contributed by atoms with van der Waals surface area (Å²) >= 11 is 0. The number of alkyl halides is 3. The molecule has 5 nitrogen and oxygen atoms in total. The smallest absolute Gasteiger partial charge is 0.341 e. The average molecular weight is 314 g/mol. The van der Waals surface area contributed by atoms with Crippen molar-refractivity contribution in [2.45, 2.75) is 6.18 Å². The van der Waals surface area contributed by atoms with Crippen molar-refractivity contribution in [3.05, 3.63) is 42.1 Å². The van der Waals surface area contributed by atoms with Crippen LogP contribution in [0, 0.1) is 5.82 Å². The molecule has 0 saturated heterocycles. The lowest BCUT2D eigenvalue weighted by atomic mass is 10.1. The molecule has 116 valence electrons. The van der Waals surface area contributed by atoms with Gasteiger partial charge in [0.05, 0.1) is 17.6 Å². The molecule has 2 rings (SSSR count). The number of hydrogen-bond donors (Lipinski definition) is 2. The van der Waals surface area contributed by atoms with Gasteiger partial charge >= 0.3 is 12.2 Å². The lowest BCUT2D eigenvalue weighted by Crippen LogP contribution is -2.26. The number of nitrogens with zero attached hydrogens (tertiary/aromatic N) is 2. The highest BCUT2D eigenvalue weighted by Crippen LogP contribution is 2.35. The van der Waals surface area contributed by atoms with E-state index >= 15 is 0 Å². The van der Waals surface area contributed by atoms with Gasteiger partial charge in [0, 0.05) is 18.8 Å². The van der Waals surface area contributed by atoms with Gasteiger partial charge in [-0.15, -0.1) is 0 Å². The zero-order valence-corrected chi connectivity index (χ0v) is 11.2. The minimum Gasteiger partial charge on any atom is -0.341 e. The van der Waals surface area contributed by atoms with E-state index in [1.807, 2.05) is 5.32 Å². The van der Waals surface area contributed by atoms with Crippen molar-refractivity contribution in [2.75, 3.05) is 12.4 Å². The molecule has 0 saturated carbocycles. The van der Waals surface area contributed by atoms with E-state index in [1.165, 1.54) is 19.3 Å². The van der Waals surface area contributed by atoms with Crippen LogP contribution in [-0.4, -0.2) is 23.0 Å². The first-order valence-electron chi connectivity index (χ1n) is 5.99. The van der Waals surface area contributed by atoms with Crippen molar-refractivity contribution >= 4 is 11.7 Å². The number of pyridine rings is 2. The second kappa shape index (κ2) is 5.96. The number of hydrogen-bond acceptors (Lipinski definition) is 3. The Morgan fingerprint density at radius 3 is 2.55 bits per heavy atom. The Hall–Kier alpha value is -2.71. The molecular weight excluding hydrogens is 304 g/mol. The van der Waals surface area contributed by atoms with Crippen molar-refractivity contribution in [3.63, 3.8) is 0 Å². The van der Waals surface area contributed by atoms with Gasteiger partial charge < -0.3 is 10.6 Å². The van der Waals surface area contributed by atoms with Crippen molar-refractivity contribution in [1.82, 2.24) is 15.3 Å². The van der Waals surface area contributed by atoms with Gasteiger partial charge in [0.1, 0.15) is 5.82 Å². The molecule has 0 aliphatic rings. The number of nitrogens with one attached hydrogen (secondary N) is 2. The molecule has 0 radical (unpaired) electrons. The fraction of sp³-hybridized carbons (Fsp3) is 0.154. The molecule has 2 aromatic rings. The van der Waals surface area contributed by atoms with Crippen molar-refractivity contribution in [1.29, 1.82) is 0 Å². The molecule has 22 heavy (non-hydrogen) atoms. The van der Waals surface area contributed by atoms with E-state index in [0.717, 1.165) is 18.3 Å². The van der Waals surface area contributed by atoms with Crippen LogP contribution in [0.1, 0.15) is 5.69 Å². The van der Waals surface area contributed by atoms with E-state index in [4.69, 9.17) is 0 Å². The maximum absolute atomic E-state index is 13.1. The Kier molecular flexibility index (Phi) is 4.25. The van der Waals surface area contributed by atoms with Gasteiger partial charge in [-0.1, -0.05) is 0 Å². The number of urea groups is 1. The molecular formula is C13H10F4N4O. The third-order valence-electron chi connectivity index (χ3n) is 2.64. The predicted octanol–water partition coefficient (Wildman–Crippen LogP) is 3.05. The van der Waals surface area contributed by atoms with Gasteiger partial charge in [-0.05, 0) is 18.2 Å². The SMILES string of the molecule is CNC(=O)Nc1ccc(-c2cncc(F)c2)nc1C(F)(F)F. The van der Waals surface area contributed by atoms with Crippen molar-refractivity contribution in [3.8, 4) is 11.3 Å². The predicted molar refractivity (Wildman–Crippen MR) is 70.5 cm³/mol. The van der Waals surface area contributed by atoms with Gasteiger partial charge in [0.25, 0.3) is 0 Å². The minimum atomic E-state index is -4.78. The third-order valence-corrected chi connectivity index (χ3v) is 2.64. The first-order valence-corrected chi connectivity index (χ1v) is 5.99. The van der Waals surface area contributed by atoms with Crippen molar-refractivity contribution < 1.29 is 22.4 Å². The number of amides is 2. The summed E-state index contributed by atoms with van der Waals surface area (Å²) in [5, 5.41) is 4.18. The van der Waals surface area contributed by atoms with Crippen LogP contribution in [0.5, 0.6) is 0 Å². The summed E-state index contributed by atoms with van der Waals surface area (Å²) in [5.41, 5.74) is -1.79. The molecule has 0 atom stereocenters. The van der Waals surface area contributed by atoms with Gasteiger partial charge in [0.15, 0.2) is 5.69 Å². The topological polar surface area (TPSA) is 66.9 Å². The standard InChI is InChI=1S/C13H10F4N4O/c1-18-12(22)21-10-3-2-9(20-11(10)13(15,16)17)7-4-8(14)6-19-5-7/h2-6H,1H3,(H2,18,21,22). The quantitative estimate of drug-likeness (QED) is 0.837. The lowest BCUT2D eigenvalue weighted by molar-refractivity contribution is -0.140. The van der Waals surface area contributed by atoms with E-state index in [1.54, 1.807) is 0 Å². The molecule has 0 spiro atoms. The van der Waals surface area contributed by atoms with Gasteiger partial charge in [-0.25, -0.2) is 14.2 Å². The van der Waals surface area contributed by atoms with Crippen LogP contribution in [0.3, 0.4) is 0 Å². The normalized spacial score (nSPS) is 11.1. The molecule has 0 fully saturated rings. The monoisotopic (exact) mass is 314 g/mol. The van der Waals surface area contributed by atoms with E-state index in [9.17, 15) is 22.4 Å². The second-order valence-electron chi connectivity index (χ2n) is 4.19. The van der Waals surface area contributed by atoms with Crippen molar-refractivity contribution in [2.24, 2.45) is 0 Å². The Morgan fingerprint density at radius 2 is 1.95 bits per heavy atom. The highest BCUT2D eigenvalue weighted by molar-refractivity contribution is 5.90. The summed E-state index contributed by atoms with van der Waals surface area (Å²) in [7, 11) is 1.27. The molecule has 2 heterocycles. The second-order valence-corrected chi connectivity index (χ2v) is 4.19. The molecule has 0 aliphatic carbocycles. The lowest BCUT2D eigenvalue weighted by Gasteiger charge is -2.14. The van der Waals surface area contributed by atoms with E-state index in [2.05, 4.69) is 15.3 Å². The third kappa shape index (κ3) is 3.48. The maximum atomic E-state index is 13.1. The average Bonchev–Trinajstić information content (AvgIpc) is 2.46. The summed E-state index contributed by atoms with van der Waals surface area (Å²) < 4.78 is 52.3. The first-order chi connectivity index (χ1) is 10.3. The molecule has 0 aliphatic heterocycles. The Bertz CT molecular complexity index is 703. The highest BCUT2D eigenvalue weighted by Gasteiger charge is 2.36. The zero-order chi connectivity index (χ0) is 16.3. The van der Waals surface area contributed by atoms with E-state index < -0.39 is 29.4 Å². The van der Waals surface area contributed by atoms with Crippen LogP contribution < -0.4 is 10.6 Å². The van der Waals surface area contributed by atoms with Crippen LogP contribution in [-0.2, 0) is 6.18 Å². The van der Waals surface area contributed by atoms with Crippen LogP contribution in [0.2, 0.25) is 0 Å². The number of carbonyl (C=O) groups excluding carboxylic acids is 1. The fourth-order valence-electron chi connectivity index (χ4n) is 1.67. The molecule has 0 aromatic carbocycles. The van der Waals surface area contributed by atoms with E-state index in [-0.39, 0.29) is 11.3 Å². The Balaban J connectivity index is 2.50. The van der Waals surface area contributed by atoms with Gasteiger partial charge in [-0.3, -0.25) is 4.98 Å². The summed E-state index contributed by atoms with van der Waals surface area (Å²) in [6, 6.07) is 2.48. The first kappa shape index (κ1) is 15.7. The van der Waals surface area contributed by atoms with Gasteiger partial charge in [0.2, 0.25) is 0 Å². The number of halogens is 4. The number of anilines is 1. The number of carbonyl (C=O) groups is 1. The molecule has 2 aromatic heterocycles. The highest BCUT2D eigenvalue weighted by atomic mass is 19.4. The summed E-state index contributed by atoms with van der Waals surface area (Å²) in [5.74, 6) is -0.694. The Labute approximate surface area is 122 Å². The van der Waals surface area contributed by atoms with Crippen LogP contribution in [0.4, 0.5) is 28.0 Å². The van der Waals surface area contributed by atoms with Crippen LogP contribution >= 0.6 is 0 Å². The molecule has 9 heteroatoms. The molecule has 2 N–H and O–H groups in total. The molecule has 0 bridgehead atoms. The van der Waals surface area contributed by atoms with Crippen LogP contribution in [0.15, 0.2) is 30.6 Å². The van der Waals surface area contributed by atoms with E-state index in [0.29, 0.717) is 0 Å². The fourth-order valence-corrected chi connectivity index (χ4v) is 1.67. The zero-order valence-electron chi connectivity index (χ0n) is 11.2. The minimum absolute atomic E-state index is 0.0944. The summed E-state index contributed by atoms with van der Waals surface area (Å²) in [4.78, 5) is 18.2. The molecule has 2 amide bonds.